The third kappa shape index (κ3) is 8.54. The van der Waals surface area contributed by atoms with E-state index in [0.717, 1.165) is 48.6 Å². The Labute approximate surface area is 227 Å². The first-order chi connectivity index (χ1) is 18.4. The minimum absolute atomic E-state index is 0.211. The van der Waals surface area contributed by atoms with Crippen LogP contribution in [-0.4, -0.2) is 17.8 Å². The first-order valence-electron chi connectivity index (χ1n) is 13.8. The van der Waals surface area contributed by atoms with Crippen molar-refractivity contribution >= 4 is 10.9 Å². The second-order valence-electron chi connectivity index (χ2n) is 10.1. The summed E-state index contributed by atoms with van der Waals surface area (Å²) in [5.74, 6) is 1.49. The second kappa shape index (κ2) is 15.1. The van der Waals surface area contributed by atoms with Crippen LogP contribution in [0, 0.1) is 0 Å². The predicted molar refractivity (Wildman–Crippen MR) is 158 cm³/mol. The van der Waals surface area contributed by atoms with Crippen molar-refractivity contribution in [1.82, 2.24) is 4.57 Å². The quantitative estimate of drug-likeness (QED) is 0.151. The van der Waals surface area contributed by atoms with E-state index in [1.807, 2.05) is 54.6 Å². The zero-order valence-electron chi connectivity index (χ0n) is 23.7. The Morgan fingerprint density at radius 3 is 2.42 bits per heavy atom. The van der Waals surface area contributed by atoms with Crippen LogP contribution in [0.5, 0.6) is 17.2 Å². The van der Waals surface area contributed by atoms with E-state index in [0.29, 0.717) is 31.3 Å². The largest absolute Gasteiger partial charge is 0.489 e. The lowest BCUT2D eigenvalue weighted by atomic mass is 10.1. The van der Waals surface area contributed by atoms with Crippen LogP contribution >= 0.6 is 0 Å². The van der Waals surface area contributed by atoms with E-state index in [1.54, 1.807) is 11.6 Å². The van der Waals surface area contributed by atoms with Crippen molar-refractivity contribution in [3.8, 4) is 17.2 Å². The third-order valence-electron chi connectivity index (χ3n) is 6.52. The van der Waals surface area contributed by atoms with Gasteiger partial charge in [0.25, 0.3) is 5.56 Å². The Bertz CT molecular complexity index is 1280. The van der Waals surface area contributed by atoms with E-state index in [4.69, 9.17) is 14.2 Å². The molecule has 0 fully saturated rings. The molecule has 0 amide bonds. The Morgan fingerprint density at radius 2 is 1.68 bits per heavy atom. The number of ether oxygens (including phenoxy) is 3. The molecule has 0 aliphatic carbocycles. The molecule has 0 spiro atoms. The fraction of sp³-hybridized carbons (Fsp3) is 0.424. The molecule has 204 valence electrons. The van der Waals surface area contributed by atoms with Crippen LogP contribution in [0.2, 0.25) is 0 Å². The monoisotopic (exact) mass is 517 g/mol. The van der Waals surface area contributed by atoms with Gasteiger partial charge in [-0.1, -0.05) is 73.7 Å². The van der Waals surface area contributed by atoms with Crippen molar-refractivity contribution in [1.29, 1.82) is 0 Å². The van der Waals surface area contributed by atoms with Crippen LogP contribution in [0.25, 0.3) is 10.9 Å². The molecule has 0 aliphatic rings. The van der Waals surface area contributed by atoms with Crippen LogP contribution < -0.4 is 19.8 Å². The molecule has 5 nitrogen and oxygen atoms in total. The predicted octanol–water partition coefficient (Wildman–Crippen LogP) is 8.15. The van der Waals surface area contributed by atoms with Gasteiger partial charge in [-0.25, -0.2) is 0 Å². The van der Waals surface area contributed by atoms with Gasteiger partial charge >= 0.3 is 0 Å². The molecule has 1 aromatic heterocycles. The molecule has 3 aromatic rings. The minimum atomic E-state index is -0.211. The molecule has 0 bridgehead atoms. The zero-order valence-corrected chi connectivity index (χ0v) is 23.7. The van der Waals surface area contributed by atoms with Gasteiger partial charge in [-0.15, -0.1) is 0 Å². The van der Waals surface area contributed by atoms with Crippen molar-refractivity contribution in [2.24, 2.45) is 7.05 Å². The van der Waals surface area contributed by atoms with Crippen LogP contribution in [0.4, 0.5) is 0 Å². The number of nitrogens with zero attached hydrogens (tertiary/aromatic N) is 1. The van der Waals surface area contributed by atoms with Gasteiger partial charge < -0.3 is 18.8 Å². The summed E-state index contributed by atoms with van der Waals surface area (Å²) in [4.78, 5) is 13.4. The van der Waals surface area contributed by atoms with Crippen molar-refractivity contribution < 1.29 is 14.2 Å². The summed E-state index contributed by atoms with van der Waals surface area (Å²) in [6.45, 7) is 9.84. The molecule has 2 aromatic carbocycles. The molecule has 38 heavy (non-hydrogen) atoms. The van der Waals surface area contributed by atoms with Gasteiger partial charge in [0, 0.05) is 18.5 Å². The third-order valence-corrected chi connectivity index (χ3v) is 6.52. The van der Waals surface area contributed by atoms with Gasteiger partial charge in [0.05, 0.1) is 12.1 Å². The number of unbranched alkanes of at least 4 members (excludes halogenated alkanes) is 3. The summed E-state index contributed by atoms with van der Waals surface area (Å²) in [6.07, 6.45) is 10.6. The number of aromatic nitrogens is 1. The summed E-state index contributed by atoms with van der Waals surface area (Å²) in [6, 6.07) is 15.8. The number of pyridine rings is 1. The molecule has 0 saturated heterocycles. The highest BCUT2D eigenvalue weighted by Crippen LogP contribution is 2.35. The maximum atomic E-state index is 13.4. The van der Waals surface area contributed by atoms with Gasteiger partial charge in [0.2, 0.25) is 5.75 Å². The van der Waals surface area contributed by atoms with E-state index in [-0.39, 0.29) is 11.3 Å². The summed E-state index contributed by atoms with van der Waals surface area (Å²) in [7, 11) is 1.77. The average molecular weight is 518 g/mol. The molecule has 0 aliphatic heterocycles. The van der Waals surface area contributed by atoms with Crippen molar-refractivity contribution in [2.45, 2.75) is 72.8 Å². The molecule has 0 unspecified atom stereocenters. The lowest BCUT2D eigenvalue weighted by molar-refractivity contribution is 0.276. The number of aryl methyl sites for hydroxylation is 1. The topological polar surface area (TPSA) is 49.7 Å². The van der Waals surface area contributed by atoms with Crippen LogP contribution in [0.3, 0.4) is 0 Å². The summed E-state index contributed by atoms with van der Waals surface area (Å²) in [5, 5.41) is 0.842. The van der Waals surface area contributed by atoms with E-state index < -0.39 is 0 Å². The standard InChI is InChI=1S/C33H43NO4/c1-6-7-8-12-21-36-31-29-19-18-28(38-24-27-16-10-9-11-17-27)23-30(29)34(5)33(35)32(31)37-22-20-26(4)15-13-14-25(2)3/h9-11,14,16-20,23H,6-8,12-13,15,21-22,24H2,1-5H3/b26-20+. The summed E-state index contributed by atoms with van der Waals surface area (Å²) in [5.41, 5.74) is 4.19. The maximum absolute atomic E-state index is 13.4. The SMILES string of the molecule is CCCCCCOc1c(OC/C=C(\C)CCC=C(C)C)c(=O)n(C)c2cc(OCc3ccccc3)ccc12. The molecule has 0 N–H and O–H groups in total. The van der Waals surface area contributed by atoms with Crippen LogP contribution in [0.15, 0.2) is 76.6 Å². The summed E-state index contributed by atoms with van der Waals surface area (Å²) >= 11 is 0. The first-order valence-corrected chi connectivity index (χ1v) is 13.8. The van der Waals surface area contributed by atoms with E-state index in [1.165, 1.54) is 17.6 Å². The molecule has 0 atom stereocenters. The number of allylic oxidation sites excluding steroid dienone is 3. The smallest absolute Gasteiger partial charge is 0.297 e. The van der Waals surface area contributed by atoms with Crippen molar-refractivity contribution in [3.05, 3.63) is 87.7 Å². The van der Waals surface area contributed by atoms with Gasteiger partial charge in [-0.05, 0) is 63.8 Å². The molecule has 5 heteroatoms. The fourth-order valence-electron chi connectivity index (χ4n) is 4.22. The highest BCUT2D eigenvalue weighted by atomic mass is 16.5. The Hall–Kier alpha value is -3.47. The Morgan fingerprint density at radius 1 is 0.895 bits per heavy atom. The fourth-order valence-corrected chi connectivity index (χ4v) is 4.22. The van der Waals surface area contributed by atoms with Gasteiger partial charge in [-0.2, -0.15) is 0 Å². The van der Waals surface area contributed by atoms with Gasteiger partial charge in [0.1, 0.15) is 19.0 Å². The van der Waals surface area contributed by atoms with E-state index in [9.17, 15) is 4.79 Å². The molecular weight excluding hydrogens is 474 g/mol. The van der Waals surface area contributed by atoms with E-state index in [2.05, 4.69) is 33.8 Å². The Kier molecular flexibility index (Phi) is 11.5. The molecule has 0 saturated carbocycles. The molecule has 0 radical (unpaired) electrons. The molecular formula is C33H43NO4. The van der Waals surface area contributed by atoms with Crippen molar-refractivity contribution in [2.75, 3.05) is 13.2 Å². The highest BCUT2D eigenvalue weighted by Gasteiger charge is 2.19. The van der Waals surface area contributed by atoms with Crippen LogP contribution in [-0.2, 0) is 13.7 Å². The highest BCUT2D eigenvalue weighted by molar-refractivity contribution is 5.89. The molecule has 3 rings (SSSR count). The maximum Gasteiger partial charge on any atom is 0.297 e. The number of benzene rings is 2. The number of fused-ring (bicyclic) bond motifs is 1. The lowest BCUT2D eigenvalue weighted by Gasteiger charge is -2.17. The average Bonchev–Trinajstić information content (AvgIpc) is 2.91. The number of hydrogen-bond donors (Lipinski definition) is 0. The normalized spacial score (nSPS) is 11.4. The number of rotatable bonds is 15. The minimum Gasteiger partial charge on any atom is -0.489 e. The van der Waals surface area contributed by atoms with Gasteiger partial charge in [-0.3, -0.25) is 4.79 Å². The van der Waals surface area contributed by atoms with Crippen molar-refractivity contribution in [3.63, 3.8) is 0 Å². The summed E-state index contributed by atoms with van der Waals surface area (Å²) < 4.78 is 20.0. The Balaban J connectivity index is 1.86. The van der Waals surface area contributed by atoms with Gasteiger partial charge in [0.15, 0.2) is 5.75 Å². The van der Waals surface area contributed by atoms with E-state index >= 15 is 0 Å². The second-order valence-corrected chi connectivity index (χ2v) is 10.1. The first kappa shape index (κ1) is 29.1. The lowest BCUT2D eigenvalue weighted by Crippen LogP contribution is -2.21. The molecule has 1 heterocycles. The van der Waals surface area contributed by atoms with Crippen LogP contribution in [0.1, 0.15) is 71.8 Å². The number of hydrogen-bond acceptors (Lipinski definition) is 4. The zero-order chi connectivity index (χ0) is 27.3.